The van der Waals surface area contributed by atoms with Gasteiger partial charge in [0.2, 0.25) is 0 Å². The molecule has 1 aromatic carbocycles. The maximum absolute atomic E-state index is 14.1. The van der Waals surface area contributed by atoms with Gasteiger partial charge in [0.25, 0.3) is 0 Å². The lowest BCUT2D eigenvalue weighted by Crippen LogP contribution is -2.31. The molecule has 0 bridgehead atoms. The van der Waals surface area contributed by atoms with Crippen LogP contribution < -0.4 is 0 Å². The van der Waals surface area contributed by atoms with E-state index in [1.54, 1.807) is 6.07 Å². The number of hydrogen-bond donors (Lipinski definition) is 0. The van der Waals surface area contributed by atoms with Crippen molar-refractivity contribution in [3.05, 3.63) is 59.4 Å². The van der Waals surface area contributed by atoms with Crippen LogP contribution in [0.15, 0.2) is 36.7 Å². The van der Waals surface area contributed by atoms with Gasteiger partial charge in [-0.2, -0.15) is 0 Å². The first-order valence-corrected chi connectivity index (χ1v) is 9.11. The SMILES string of the molecule is CCCc1ncc(CN(Cc2ccccc2F)C[C@H]2CCCO2)cn1. The molecule has 1 atom stereocenters. The summed E-state index contributed by atoms with van der Waals surface area (Å²) in [5, 5.41) is 0. The highest BCUT2D eigenvalue weighted by Crippen LogP contribution is 2.18. The topological polar surface area (TPSA) is 38.2 Å². The Kier molecular flexibility index (Phi) is 6.48. The Bertz CT molecular complexity index is 656. The van der Waals surface area contributed by atoms with Gasteiger partial charge >= 0.3 is 0 Å². The number of benzene rings is 1. The van der Waals surface area contributed by atoms with Crippen LogP contribution in [0, 0.1) is 5.82 Å². The second kappa shape index (κ2) is 9.02. The summed E-state index contributed by atoms with van der Waals surface area (Å²) in [6, 6.07) is 6.97. The van der Waals surface area contributed by atoms with Crippen LogP contribution in [0.1, 0.15) is 43.1 Å². The summed E-state index contributed by atoms with van der Waals surface area (Å²) in [6.45, 7) is 5.00. The first-order valence-electron chi connectivity index (χ1n) is 9.11. The number of aromatic nitrogens is 2. The van der Waals surface area contributed by atoms with Crippen LogP contribution in [0.5, 0.6) is 0 Å². The van der Waals surface area contributed by atoms with Crippen LogP contribution in [0.4, 0.5) is 4.39 Å². The average molecular weight is 343 g/mol. The molecule has 0 spiro atoms. The van der Waals surface area contributed by atoms with Crippen molar-refractivity contribution in [2.75, 3.05) is 13.2 Å². The van der Waals surface area contributed by atoms with Crippen molar-refractivity contribution in [3.63, 3.8) is 0 Å². The molecule has 0 unspecified atom stereocenters. The summed E-state index contributed by atoms with van der Waals surface area (Å²) in [5.74, 6) is 0.723. The van der Waals surface area contributed by atoms with Gasteiger partial charge < -0.3 is 4.74 Å². The molecular formula is C20H26FN3O. The lowest BCUT2D eigenvalue weighted by atomic mass is 10.1. The fourth-order valence-electron chi connectivity index (χ4n) is 3.20. The molecule has 1 aliphatic heterocycles. The third-order valence-electron chi connectivity index (χ3n) is 4.48. The highest BCUT2D eigenvalue weighted by Gasteiger charge is 2.20. The van der Waals surface area contributed by atoms with Crippen LogP contribution in [0.3, 0.4) is 0 Å². The van der Waals surface area contributed by atoms with E-state index in [1.165, 1.54) is 6.07 Å². The van der Waals surface area contributed by atoms with Crippen molar-refractivity contribution < 1.29 is 9.13 Å². The second-order valence-electron chi connectivity index (χ2n) is 6.65. The number of rotatable bonds is 8. The molecule has 0 amide bonds. The predicted octanol–water partition coefficient (Wildman–Crippen LogP) is 3.75. The van der Waals surface area contributed by atoms with Gasteiger partial charge in [0.1, 0.15) is 11.6 Å². The van der Waals surface area contributed by atoms with Crippen LogP contribution in [-0.4, -0.2) is 34.1 Å². The van der Waals surface area contributed by atoms with E-state index in [1.807, 2.05) is 24.5 Å². The molecule has 1 aliphatic rings. The summed E-state index contributed by atoms with van der Waals surface area (Å²) in [6.07, 6.45) is 8.12. The van der Waals surface area contributed by atoms with Gasteiger partial charge in [-0.15, -0.1) is 0 Å². The van der Waals surface area contributed by atoms with Crippen LogP contribution in [0.2, 0.25) is 0 Å². The van der Waals surface area contributed by atoms with Crippen molar-refractivity contribution in [2.24, 2.45) is 0 Å². The van der Waals surface area contributed by atoms with Gasteiger partial charge in [0.05, 0.1) is 6.10 Å². The molecule has 1 aromatic heterocycles. The van der Waals surface area contributed by atoms with Gasteiger partial charge in [-0.3, -0.25) is 4.90 Å². The number of ether oxygens (including phenoxy) is 1. The van der Waals surface area contributed by atoms with E-state index in [0.717, 1.165) is 50.2 Å². The summed E-state index contributed by atoms with van der Waals surface area (Å²) >= 11 is 0. The number of halogens is 1. The number of aryl methyl sites for hydroxylation is 1. The predicted molar refractivity (Wildman–Crippen MR) is 95.5 cm³/mol. The molecule has 2 aromatic rings. The third kappa shape index (κ3) is 5.31. The van der Waals surface area contributed by atoms with Crippen molar-refractivity contribution in [2.45, 2.75) is 51.8 Å². The van der Waals surface area contributed by atoms with Gasteiger partial charge in [-0.1, -0.05) is 25.1 Å². The molecule has 5 heteroatoms. The lowest BCUT2D eigenvalue weighted by Gasteiger charge is -2.25. The van der Waals surface area contributed by atoms with E-state index in [2.05, 4.69) is 21.8 Å². The third-order valence-corrected chi connectivity index (χ3v) is 4.48. The van der Waals surface area contributed by atoms with E-state index in [-0.39, 0.29) is 11.9 Å². The molecule has 0 radical (unpaired) electrons. The van der Waals surface area contributed by atoms with Gasteiger partial charge in [0.15, 0.2) is 0 Å². The van der Waals surface area contributed by atoms with Crippen molar-refractivity contribution >= 4 is 0 Å². The first-order chi connectivity index (χ1) is 12.2. The summed E-state index contributed by atoms with van der Waals surface area (Å²) < 4.78 is 19.8. The molecule has 1 fully saturated rings. The maximum atomic E-state index is 14.1. The van der Waals surface area contributed by atoms with Crippen molar-refractivity contribution in [3.8, 4) is 0 Å². The smallest absolute Gasteiger partial charge is 0.128 e. The summed E-state index contributed by atoms with van der Waals surface area (Å²) in [7, 11) is 0. The van der Waals surface area contributed by atoms with E-state index >= 15 is 0 Å². The average Bonchev–Trinajstić information content (AvgIpc) is 3.12. The fourth-order valence-corrected chi connectivity index (χ4v) is 3.20. The first kappa shape index (κ1) is 18.0. The summed E-state index contributed by atoms with van der Waals surface area (Å²) in [5.41, 5.74) is 1.76. The second-order valence-corrected chi connectivity index (χ2v) is 6.65. The molecule has 3 rings (SSSR count). The van der Waals surface area contributed by atoms with Gasteiger partial charge in [0, 0.05) is 56.2 Å². The minimum absolute atomic E-state index is 0.158. The minimum Gasteiger partial charge on any atom is -0.377 e. The highest BCUT2D eigenvalue weighted by molar-refractivity contribution is 5.17. The summed E-state index contributed by atoms with van der Waals surface area (Å²) in [4.78, 5) is 11.1. The Balaban J connectivity index is 1.69. The van der Waals surface area contributed by atoms with E-state index < -0.39 is 0 Å². The zero-order valence-electron chi connectivity index (χ0n) is 14.8. The standard InChI is InChI=1S/C20H26FN3O/c1-2-6-20-22-11-16(12-23-20)13-24(15-18-8-5-10-25-18)14-17-7-3-4-9-19(17)21/h3-4,7,9,11-12,18H,2,5-6,8,10,13-15H2,1H3/t18-/m1/s1. The Morgan fingerprint density at radius 1 is 1.20 bits per heavy atom. The highest BCUT2D eigenvalue weighted by atomic mass is 19.1. The zero-order valence-corrected chi connectivity index (χ0v) is 14.8. The molecule has 25 heavy (non-hydrogen) atoms. The molecule has 134 valence electrons. The van der Waals surface area contributed by atoms with Crippen LogP contribution >= 0.6 is 0 Å². The minimum atomic E-state index is -0.158. The van der Waals surface area contributed by atoms with Crippen LogP contribution in [-0.2, 0) is 24.2 Å². The largest absolute Gasteiger partial charge is 0.377 e. The Morgan fingerprint density at radius 3 is 2.68 bits per heavy atom. The normalized spacial score (nSPS) is 17.3. The quantitative estimate of drug-likeness (QED) is 0.732. The van der Waals surface area contributed by atoms with Gasteiger partial charge in [-0.05, 0) is 25.3 Å². The Labute approximate surface area is 149 Å². The Morgan fingerprint density at radius 2 is 2.00 bits per heavy atom. The van der Waals surface area contributed by atoms with Gasteiger partial charge in [-0.25, -0.2) is 14.4 Å². The molecule has 1 saturated heterocycles. The molecule has 0 N–H and O–H groups in total. The Hall–Kier alpha value is -1.85. The molecule has 0 aliphatic carbocycles. The lowest BCUT2D eigenvalue weighted by molar-refractivity contribution is 0.0674. The van der Waals surface area contributed by atoms with Crippen molar-refractivity contribution in [1.82, 2.24) is 14.9 Å². The number of nitrogens with zero attached hydrogens (tertiary/aromatic N) is 3. The van der Waals surface area contributed by atoms with E-state index in [9.17, 15) is 4.39 Å². The molecule has 4 nitrogen and oxygen atoms in total. The molecular weight excluding hydrogens is 317 g/mol. The maximum Gasteiger partial charge on any atom is 0.128 e. The monoisotopic (exact) mass is 343 g/mol. The van der Waals surface area contributed by atoms with E-state index in [4.69, 9.17) is 4.74 Å². The fraction of sp³-hybridized carbons (Fsp3) is 0.500. The zero-order chi connectivity index (χ0) is 17.5. The number of hydrogen-bond acceptors (Lipinski definition) is 4. The van der Waals surface area contributed by atoms with Crippen molar-refractivity contribution in [1.29, 1.82) is 0 Å². The molecule has 0 saturated carbocycles. The molecule has 2 heterocycles. The van der Waals surface area contributed by atoms with E-state index in [0.29, 0.717) is 18.7 Å². The van der Waals surface area contributed by atoms with Crippen LogP contribution in [0.25, 0.3) is 0 Å².